The molecule has 0 saturated heterocycles. The highest BCUT2D eigenvalue weighted by Gasteiger charge is 2.15. The Balaban J connectivity index is 2.98. The van der Waals surface area contributed by atoms with E-state index in [0.717, 1.165) is 5.56 Å². The molecule has 84 valence electrons. The quantitative estimate of drug-likeness (QED) is 0.540. The monoisotopic (exact) mass is 214 g/mol. The molecule has 0 saturated carbocycles. The second-order valence-corrected chi connectivity index (χ2v) is 4.96. The SMILES string of the molecule is Cc1ccccc1/C=C\C(=C=O)C(C)(C)C. The van der Waals surface area contributed by atoms with Crippen molar-refractivity contribution in [1.82, 2.24) is 0 Å². The highest BCUT2D eigenvalue weighted by atomic mass is 16.1. The van der Waals surface area contributed by atoms with E-state index in [0.29, 0.717) is 5.57 Å². The molecule has 0 aliphatic carbocycles. The molecule has 1 aromatic rings. The Kier molecular flexibility index (Phi) is 3.87. The molecule has 0 unspecified atom stereocenters. The van der Waals surface area contributed by atoms with Crippen LogP contribution < -0.4 is 0 Å². The van der Waals surface area contributed by atoms with Gasteiger partial charge in [-0.05, 0) is 29.5 Å². The van der Waals surface area contributed by atoms with E-state index in [2.05, 4.69) is 13.0 Å². The molecule has 0 N–H and O–H groups in total. The first-order valence-electron chi connectivity index (χ1n) is 5.44. The largest absolute Gasteiger partial charge is 0.233 e. The third-order valence-corrected chi connectivity index (χ3v) is 2.54. The average molecular weight is 214 g/mol. The fraction of sp³-hybridized carbons (Fsp3) is 0.333. The second-order valence-electron chi connectivity index (χ2n) is 4.96. The minimum atomic E-state index is -0.152. The molecule has 16 heavy (non-hydrogen) atoms. The van der Waals surface area contributed by atoms with Crippen LogP contribution >= 0.6 is 0 Å². The van der Waals surface area contributed by atoms with Gasteiger partial charge in [-0.2, -0.15) is 0 Å². The minimum absolute atomic E-state index is 0.152. The second kappa shape index (κ2) is 4.96. The summed E-state index contributed by atoms with van der Waals surface area (Å²) in [5, 5.41) is 0. The molecule has 1 nitrogen and oxygen atoms in total. The van der Waals surface area contributed by atoms with Crippen LogP contribution in [-0.4, -0.2) is 5.94 Å². The zero-order chi connectivity index (χ0) is 12.2. The van der Waals surface area contributed by atoms with Gasteiger partial charge in [0.05, 0.1) is 0 Å². The lowest BCUT2D eigenvalue weighted by atomic mass is 9.87. The van der Waals surface area contributed by atoms with Gasteiger partial charge in [-0.1, -0.05) is 51.1 Å². The summed E-state index contributed by atoms with van der Waals surface area (Å²) in [6.07, 6.45) is 3.83. The summed E-state index contributed by atoms with van der Waals surface area (Å²) in [5.41, 5.74) is 2.88. The number of hydrogen-bond acceptors (Lipinski definition) is 1. The van der Waals surface area contributed by atoms with Gasteiger partial charge in [0.1, 0.15) is 5.94 Å². The van der Waals surface area contributed by atoms with Gasteiger partial charge in [0.25, 0.3) is 0 Å². The van der Waals surface area contributed by atoms with E-state index in [1.165, 1.54) is 5.56 Å². The molecule has 0 spiro atoms. The molecule has 0 aliphatic heterocycles. The van der Waals surface area contributed by atoms with E-state index < -0.39 is 0 Å². The van der Waals surface area contributed by atoms with Crippen molar-refractivity contribution in [2.24, 2.45) is 5.41 Å². The van der Waals surface area contributed by atoms with Gasteiger partial charge in [-0.3, -0.25) is 0 Å². The predicted octanol–water partition coefficient (Wildman–Crippen LogP) is 3.81. The van der Waals surface area contributed by atoms with Crippen molar-refractivity contribution in [3.05, 3.63) is 47.0 Å². The Bertz CT molecular complexity index is 441. The lowest BCUT2D eigenvalue weighted by molar-refractivity contribution is 0.509. The van der Waals surface area contributed by atoms with E-state index in [1.54, 1.807) is 0 Å². The van der Waals surface area contributed by atoms with Crippen LogP contribution in [0.4, 0.5) is 0 Å². The van der Waals surface area contributed by atoms with Gasteiger partial charge >= 0.3 is 0 Å². The smallest absolute Gasteiger partial charge is 0.128 e. The Morgan fingerprint density at radius 1 is 1.25 bits per heavy atom. The first kappa shape index (κ1) is 12.5. The molecule has 0 aromatic heterocycles. The van der Waals surface area contributed by atoms with E-state index >= 15 is 0 Å². The zero-order valence-corrected chi connectivity index (χ0v) is 10.4. The predicted molar refractivity (Wildman–Crippen MR) is 68.9 cm³/mol. The molecule has 0 bridgehead atoms. The number of aryl methyl sites for hydroxylation is 1. The fourth-order valence-corrected chi connectivity index (χ4v) is 1.38. The highest BCUT2D eigenvalue weighted by Crippen LogP contribution is 2.24. The van der Waals surface area contributed by atoms with E-state index in [1.807, 2.05) is 57.1 Å². The molecule has 0 atom stereocenters. The third kappa shape index (κ3) is 3.22. The van der Waals surface area contributed by atoms with Crippen LogP contribution in [0.2, 0.25) is 0 Å². The Labute approximate surface area is 97.5 Å². The Hall–Kier alpha value is -1.59. The lowest BCUT2D eigenvalue weighted by Crippen LogP contribution is -2.07. The van der Waals surface area contributed by atoms with E-state index in [9.17, 15) is 4.79 Å². The van der Waals surface area contributed by atoms with Crippen LogP contribution in [0.15, 0.2) is 35.9 Å². The van der Waals surface area contributed by atoms with Crippen molar-refractivity contribution < 1.29 is 4.79 Å². The van der Waals surface area contributed by atoms with Crippen molar-refractivity contribution in [3.63, 3.8) is 0 Å². The first-order valence-corrected chi connectivity index (χ1v) is 5.44. The molecular weight excluding hydrogens is 196 g/mol. The summed E-state index contributed by atoms with van der Waals surface area (Å²) in [6.45, 7) is 8.08. The van der Waals surface area contributed by atoms with Crippen LogP contribution in [0.1, 0.15) is 31.9 Å². The lowest BCUT2D eigenvalue weighted by Gasteiger charge is -2.16. The summed E-state index contributed by atoms with van der Waals surface area (Å²) < 4.78 is 0. The van der Waals surface area contributed by atoms with Gasteiger partial charge in [0.15, 0.2) is 0 Å². The maximum absolute atomic E-state index is 10.8. The van der Waals surface area contributed by atoms with E-state index in [4.69, 9.17) is 0 Å². The van der Waals surface area contributed by atoms with Gasteiger partial charge in [0, 0.05) is 5.57 Å². The number of rotatable bonds is 2. The molecule has 0 radical (unpaired) electrons. The summed E-state index contributed by atoms with van der Waals surface area (Å²) >= 11 is 0. The van der Waals surface area contributed by atoms with Crippen LogP contribution in [0.3, 0.4) is 0 Å². The summed E-state index contributed by atoms with van der Waals surface area (Å²) in [7, 11) is 0. The highest BCUT2D eigenvalue weighted by molar-refractivity contribution is 5.66. The normalized spacial score (nSPS) is 11.5. The number of hydrogen-bond donors (Lipinski definition) is 0. The van der Waals surface area contributed by atoms with Gasteiger partial charge in [-0.25, -0.2) is 4.79 Å². The topological polar surface area (TPSA) is 17.1 Å². The number of allylic oxidation sites excluding steroid dienone is 2. The van der Waals surface area contributed by atoms with Crippen LogP contribution in [-0.2, 0) is 4.79 Å². The maximum atomic E-state index is 10.8. The molecule has 0 amide bonds. The summed E-state index contributed by atoms with van der Waals surface area (Å²) in [4.78, 5) is 10.8. The Morgan fingerprint density at radius 2 is 1.88 bits per heavy atom. The molecule has 1 heteroatoms. The molecule has 0 heterocycles. The van der Waals surface area contributed by atoms with Crippen molar-refractivity contribution >= 4 is 12.0 Å². The maximum Gasteiger partial charge on any atom is 0.128 e. The van der Waals surface area contributed by atoms with Crippen molar-refractivity contribution in [1.29, 1.82) is 0 Å². The third-order valence-electron chi connectivity index (χ3n) is 2.54. The average Bonchev–Trinajstić information content (AvgIpc) is 2.19. The van der Waals surface area contributed by atoms with Crippen molar-refractivity contribution in [2.45, 2.75) is 27.7 Å². The van der Waals surface area contributed by atoms with Crippen LogP contribution in [0.5, 0.6) is 0 Å². The molecule has 1 aromatic carbocycles. The number of benzene rings is 1. The molecule has 1 rings (SSSR count). The van der Waals surface area contributed by atoms with Crippen molar-refractivity contribution in [2.75, 3.05) is 0 Å². The van der Waals surface area contributed by atoms with Gasteiger partial charge in [-0.15, -0.1) is 0 Å². The molecule has 0 fully saturated rings. The fourth-order valence-electron chi connectivity index (χ4n) is 1.38. The van der Waals surface area contributed by atoms with E-state index in [-0.39, 0.29) is 5.41 Å². The number of carbonyl (C=O) groups excluding carboxylic acids is 1. The Morgan fingerprint density at radius 3 is 2.38 bits per heavy atom. The summed E-state index contributed by atoms with van der Waals surface area (Å²) in [6, 6.07) is 8.10. The van der Waals surface area contributed by atoms with Gasteiger partial charge < -0.3 is 0 Å². The van der Waals surface area contributed by atoms with Crippen LogP contribution in [0.25, 0.3) is 6.08 Å². The molecular formula is C15H18O. The minimum Gasteiger partial charge on any atom is -0.233 e. The summed E-state index contributed by atoms with van der Waals surface area (Å²) in [5.74, 6) is 2.01. The van der Waals surface area contributed by atoms with Crippen LogP contribution in [0, 0.1) is 12.3 Å². The van der Waals surface area contributed by atoms with Crippen molar-refractivity contribution in [3.8, 4) is 0 Å². The van der Waals surface area contributed by atoms with Gasteiger partial charge in [0.2, 0.25) is 0 Å². The first-order chi connectivity index (χ1) is 7.45. The standard InChI is InChI=1S/C15H18O/c1-12-7-5-6-8-13(12)9-10-14(11-16)15(2,3)4/h5-10H,1-4H3/b10-9-. The molecule has 0 aliphatic rings. The zero-order valence-electron chi connectivity index (χ0n) is 10.4.